The highest BCUT2D eigenvalue weighted by Crippen LogP contribution is 2.61. The molecule has 2 aliphatic rings. The molecule has 0 spiro atoms. The van der Waals surface area contributed by atoms with Gasteiger partial charge in [0.2, 0.25) is 0 Å². The van der Waals surface area contributed by atoms with Crippen molar-refractivity contribution in [2.45, 2.75) is 10.8 Å². The van der Waals surface area contributed by atoms with E-state index < -0.39 is 68.5 Å². The highest BCUT2D eigenvalue weighted by molar-refractivity contribution is 5.93. The summed E-state index contributed by atoms with van der Waals surface area (Å²) in [5.41, 5.74) is 14.6. The Morgan fingerprint density at radius 3 is 0.786 bits per heavy atom. The molecule has 0 N–H and O–H groups in total. The Morgan fingerprint density at radius 2 is 0.473 bits per heavy atom. The molecule has 0 fully saturated rings. The number of halogens is 8. The number of hydrogen-bond donors (Lipinski definition) is 0. The van der Waals surface area contributed by atoms with Crippen molar-refractivity contribution in [2.24, 2.45) is 0 Å². The van der Waals surface area contributed by atoms with Crippen LogP contribution in [0.5, 0.6) is 0 Å². The summed E-state index contributed by atoms with van der Waals surface area (Å²) in [6, 6.07) is 109. The molecule has 18 rings (SSSR count). The molecule has 0 bridgehead atoms. The van der Waals surface area contributed by atoms with Crippen molar-refractivity contribution < 1.29 is 35.1 Å². The van der Waals surface area contributed by atoms with Crippen LogP contribution >= 0.6 is 0 Å². The predicted molar refractivity (Wildman–Crippen MR) is 437 cm³/mol. The lowest BCUT2D eigenvalue weighted by molar-refractivity contribution is 0.426. The minimum Gasteiger partial charge on any atom is -0.310 e. The second kappa shape index (κ2) is 28.2. The molecule has 2 aliphatic carbocycles. The second-order valence-electron chi connectivity index (χ2n) is 28.1. The number of rotatable bonds is 17. The Kier molecular flexibility index (Phi) is 17.6. The molecule has 10 heteroatoms. The molecule has 0 heterocycles. The molecule has 538 valence electrons. The number of anilines is 6. The molecular weight excluding hydrogens is 1410 g/mol. The lowest BCUT2D eigenvalue weighted by Crippen LogP contribution is -2.32. The van der Waals surface area contributed by atoms with Gasteiger partial charge in [-0.15, -0.1) is 0 Å². The normalized spacial score (nSPS) is 14.4. The minimum atomic E-state index is -1.93. The Bertz CT molecular complexity index is 5920. The van der Waals surface area contributed by atoms with Crippen molar-refractivity contribution in [3.63, 3.8) is 0 Å². The van der Waals surface area contributed by atoms with Gasteiger partial charge in [0.05, 0.1) is 10.8 Å². The standard InChI is InChI=1S/C102H64F8N2/c1-3-63-29-41-75(42-30-63)101(95-97(107)91(103)61-92(104)98(95)108)87-27-13-11-25-83(87)85-55-53-81(59-89(85)101)111(79-49-37-69(38-50-79)73-23-15-21-71(57-73)65-17-7-5-8-18-65)77-45-33-67(34-46-77)68-35-47-78(48-36-68)112(80-51-39-70(40-52-80)74-24-16-22-72(58-74)66-19-9-6-10-20-66)82-54-56-86-84-26-12-14-28-88(84)102(90(86)60-82,76-43-31-64(4-2)32-44-76)96-99(109)93(105)62-94(106)100(96)110/h3-62H,1-2H2. The van der Waals surface area contributed by atoms with Crippen LogP contribution < -0.4 is 9.80 Å². The molecule has 16 aromatic carbocycles. The molecule has 2 nitrogen and oxygen atoms in total. The van der Waals surface area contributed by atoms with Gasteiger partial charge in [0, 0.05) is 57.4 Å². The maximum atomic E-state index is 17.2. The summed E-state index contributed by atoms with van der Waals surface area (Å²) in [6.45, 7) is 7.88. The van der Waals surface area contributed by atoms with Gasteiger partial charge in [-0.1, -0.05) is 280 Å². The topological polar surface area (TPSA) is 6.48 Å². The van der Waals surface area contributed by atoms with Gasteiger partial charge in [-0.05, 0) is 207 Å². The molecule has 2 atom stereocenters. The van der Waals surface area contributed by atoms with Crippen LogP contribution in [0.1, 0.15) is 55.6 Å². The number of fused-ring (bicyclic) bond motifs is 6. The second-order valence-corrected chi connectivity index (χ2v) is 28.1. The Hall–Kier alpha value is -14.0. The minimum absolute atomic E-state index is 0.243. The van der Waals surface area contributed by atoms with Gasteiger partial charge in [-0.2, -0.15) is 0 Å². The van der Waals surface area contributed by atoms with Gasteiger partial charge >= 0.3 is 0 Å². The summed E-state index contributed by atoms with van der Waals surface area (Å²) >= 11 is 0. The maximum absolute atomic E-state index is 17.2. The lowest BCUT2D eigenvalue weighted by atomic mass is 9.67. The summed E-state index contributed by atoms with van der Waals surface area (Å²) in [7, 11) is 0. The smallest absolute Gasteiger partial charge is 0.166 e. The number of hydrogen-bond acceptors (Lipinski definition) is 2. The molecular formula is C102H64F8N2. The van der Waals surface area contributed by atoms with Crippen molar-refractivity contribution in [3.8, 4) is 77.9 Å². The average Bonchev–Trinajstić information content (AvgIpc) is 1.51. The van der Waals surface area contributed by atoms with E-state index in [1.54, 1.807) is 84.9 Å². The molecule has 0 saturated carbocycles. The van der Waals surface area contributed by atoms with Gasteiger partial charge in [-0.25, -0.2) is 35.1 Å². The third-order valence-electron chi connectivity index (χ3n) is 22.1. The van der Waals surface area contributed by atoms with Crippen LogP contribution in [-0.2, 0) is 10.8 Å². The maximum Gasteiger partial charge on any atom is 0.166 e. The number of nitrogens with zero attached hydrogens (tertiary/aromatic N) is 2. The first kappa shape index (κ1) is 69.8. The van der Waals surface area contributed by atoms with Crippen LogP contribution in [0.15, 0.2) is 365 Å². The van der Waals surface area contributed by atoms with E-state index in [0.717, 1.165) is 78.1 Å². The van der Waals surface area contributed by atoms with E-state index >= 15 is 35.1 Å². The monoisotopic (exact) mass is 1470 g/mol. The van der Waals surface area contributed by atoms with Crippen molar-refractivity contribution in [2.75, 3.05) is 9.80 Å². The van der Waals surface area contributed by atoms with Crippen LogP contribution in [0.4, 0.5) is 69.2 Å². The highest BCUT2D eigenvalue weighted by atomic mass is 19.2. The SMILES string of the molecule is C=Cc1ccc(C2(c3c(F)c(F)cc(F)c3F)c3ccccc3-c3ccc(N(c4ccc(-c5ccc(N(c6ccc(-c7cccc(-c8ccccc8)c7)cc6)c6ccc7c(c6)C(c6ccc(C=C)cc6)(c6c(F)c(F)cc(F)c6F)c6ccccc6-7)cc5)cc4)c4ccc(-c5cccc(-c6ccccc6)c5)cc4)cc32)cc1. The van der Waals surface area contributed by atoms with Crippen molar-refractivity contribution in [1.29, 1.82) is 0 Å². The van der Waals surface area contributed by atoms with E-state index in [1.807, 2.05) is 216 Å². The van der Waals surface area contributed by atoms with Crippen LogP contribution in [0, 0.1) is 46.5 Å². The third-order valence-corrected chi connectivity index (χ3v) is 22.1. The van der Waals surface area contributed by atoms with E-state index in [0.29, 0.717) is 78.4 Å². The van der Waals surface area contributed by atoms with Crippen LogP contribution in [0.3, 0.4) is 0 Å². The molecule has 0 aromatic heterocycles. The zero-order valence-electron chi connectivity index (χ0n) is 60.0. The highest BCUT2D eigenvalue weighted by Gasteiger charge is 2.53. The van der Waals surface area contributed by atoms with Crippen molar-refractivity contribution in [1.82, 2.24) is 0 Å². The Morgan fingerprint density at radius 1 is 0.214 bits per heavy atom. The average molecular weight is 1470 g/mol. The zero-order valence-corrected chi connectivity index (χ0v) is 60.0. The first-order valence-corrected chi connectivity index (χ1v) is 36.7. The van der Waals surface area contributed by atoms with Crippen LogP contribution in [-0.4, -0.2) is 0 Å². The quantitative estimate of drug-likeness (QED) is 0.0662. The van der Waals surface area contributed by atoms with Crippen molar-refractivity contribution >= 4 is 46.3 Å². The fourth-order valence-corrected chi connectivity index (χ4v) is 16.9. The molecule has 0 aliphatic heterocycles. The molecule has 0 amide bonds. The zero-order chi connectivity index (χ0) is 76.5. The molecule has 0 radical (unpaired) electrons. The van der Waals surface area contributed by atoms with E-state index in [4.69, 9.17) is 0 Å². The van der Waals surface area contributed by atoms with E-state index in [2.05, 4.69) is 73.8 Å². The Balaban J connectivity index is 0.775. The largest absolute Gasteiger partial charge is 0.310 e. The number of benzene rings is 16. The van der Waals surface area contributed by atoms with E-state index in [-0.39, 0.29) is 12.1 Å². The molecule has 16 aromatic rings. The van der Waals surface area contributed by atoms with Crippen molar-refractivity contribution in [3.05, 3.63) is 467 Å². The molecule has 0 saturated heterocycles. The fourth-order valence-electron chi connectivity index (χ4n) is 16.9. The van der Waals surface area contributed by atoms with Gasteiger partial charge < -0.3 is 9.80 Å². The van der Waals surface area contributed by atoms with Gasteiger partial charge in [0.15, 0.2) is 46.5 Å². The Labute approximate surface area is 643 Å². The fraction of sp³-hybridized carbons (Fsp3) is 0.0196. The lowest BCUT2D eigenvalue weighted by Gasteiger charge is -2.35. The van der Waals surface area contributed by atoms with E-state index in [9.17, 15) is 0 Å². The van der Waals surface area contributed by atoms with Crippen LogP contribution in [0.25, 0.3) is 90.0 Å². The first-order valence-electron chi connectivity index (χ1n) is 36.7. The van der Waals surface area contributed by atoms with Gasteiger partial charge in [-0.3, -0.25) is 0 Å². The summed E-state index contributed by atoms with van der Waals surface area (Å²) in [4.78, 5) is 4.09. The summed E-state index contributed by atoms with van der Waals surface area (Å²) in [5.74, 6) is -12.2. The van der Waals surface area contributed by atoms with Gasteiger partial charge in [0.25, 0.3) is 0 Å². The third kappa shape index (κ3) is 11.6. The first-order chi connectivity index (χ1) is 54.7. The predicted octanol–water partition coefficient (Wildman–Crippen LogP) is 28.1. The van der Waals surface area contributed by atoms with Gasteiger partial charge in [0.1, 0.15) is 0 Å². The molecule has 112 heavy (non-hydrogen) atoms. The summed E-state index contributed by atoms with van der Waals surface area (Å²) in [6.07, 6.45) is 3.29. The van der Waals surface area contributed by atoms with E-state index in [1.165, 1.54) is 0 Å². The molecule has 2 unspecified atom stereocenters. The summed E-state index contributed by atoms with van der Waals surface area (Å²) in [5, 5.41) is 0. The summed E-state index contributed by atoms with van der Waals surface area (Å²) < 4.78 is 133. The van der Waals surface area contributed by atoms with Crippen LogP contribution in [0.2, 0.25) is 0 Å².